The summed E-state index contributed by atoms with van der Waals surface area (Å²) in [5.74, 6) is 0.877. The van der Waals surface area contributed by atoms with Crippen LogP contribution in [-0.4, -0.2) is 7.11 Å². The van der Waals surface area contributed by atoms with Gasteiger partial charge in [0.15, 0.2) is 0 Å². The molecule has 0 atom stereocenters. The van der Waals surface area contributed by atoms with Gasteiger partial charge in [0.2, 0.25) is 0 Å². The average Bonchev–Trinajstić information content (AvgIpc) is 1.90. The summed E-state index contributed by atoms with van der Waals surface area (Å²) < 4.78 is 4.94. The van der Waals surface area contributed by atoms with Crippen molar-refractivity contribution in [2.75, 3.05) is 7.11 Å². The average molecular weight is 136 g/mol. The molecule has 0 N–H and O–H groups in total. The zero-order valence-corrected chi connectivity index (χ0v) is 6.42. The standard InChI is InChI=1S/C8H9O.CH3/c1-7-3-5-8(9-2)6-4-7;/h3-6H,1H2,2H3;1H3. The van der Waals surface area contributed by atoms with Gasteiger partial charge in [0.1, 0.15) is 5.75 Å². The van der Waals surface area contributed by atoms with Crippen LogP contribution in [0.2, 0.25) is 0 Å². The van der Waals surface area contributed by atoms with Crippen LogP contribution in [0.15, 0.2) is 24.3 Å². The van der Waals surface area contributed by atoms with E-state index in [9.17, 15) is 0 Å². The first-order chi connectivity index (χ1) is 4.33. The van der Waals surface area contributed by atoms with Gasteiger partial charge < -0.3 is 4.74 Å². The summed E-state index contributed by atoms with van der Waals surface area (Å²) in [6.07, 6.45) is 0. The Morgan fingerprint density at radius 3 is 2.10 bits per heavy atom. The van der Waals surface area contributed by atoms with Gasteiger partial charge in [-0.05, 0) is 24.6 Å². The van der Waals surface area contributed by atoms with Crippen LogP contribution in [0.1, 0.15) is 5.56 Å². The van der Waals surface area contributed by atoms with Crippen LogP contribution in [0.5, 0.6) is 5.75 Å². The Kier molecular flexibility index (Phi) is 3.55. The second kappa shape index (κ2) is 3.94. The van der Waals surface area contributed by atoms with E-state index in [4.69, 9.17) is 4.74 Å². The fourth-order valence-corrected chi connectivity index (χ4v) is 0.626. The maximum Gasteiger partial charge on any atom is 0.118 e. The second-order valence-electron chi connectivity index (χ2n) is 1.85. The molecule has 1 nitrogen and oxygen atoms in total. The fourth-order valence-electron chi connectivity index (χ4n) is 0.626. The summed E-state index contributed by atoms with van der Waals surface area (Å²) in [5.41, 5.74) is 1.01. The number of methoxy groups -OCH3 is 1. The number of hydrogen-bond donors (Lipinski definition) is 0. The van der Waals surface area contributed by atoms with E-state index in [1.165, 1.54) is 0 Å². The molecule has 0 aliphatic rings. The molecule has 0 aliphatic heterocycles. The molecule has 0 spiro atoms. The molecule has 1 rings (SSSR count). The van der Waals surface area contributed by atoms with Crippen molar-refractivity contribution in [1.29, 1.82) is 0 Å². The van der Waals surface area contributed by atoms with Crippen molar-refractivity contribution in [2.24, 2.45) is 0 Å². The number of benzene rings is 1. The molecule has 0 saturated heterocycles. The maximum absolute atomic E-state index is 4.94. The Bertz CT molecular complexity index is 176. The largest absolute Gasteiger partial charge is 0.497 e. The molecule has 1 heteroatoms. The van der Waals surface area contributed by atoms with Gasteiger partial charge in [0.25, 0.3) is 0 Å². The predicted molar refractivity (Wildman–Crippen MR) is 43.9 cm³/mol. The summed E-state index contributed by atoms with van der Waals surface area (Å²) in [7, 11) is 1.65. The van der Waals surface area contributed by atoms with Crippen LogP contribution in [0.25, 0.3) is 0 Å². The van der Waals surface area contributed by atoms with E-state index in [0.29, 0.717) is 0 Å². The van der Waals surface area contributed by atoms with Gasteiger partial charge in [-0.1, -0.05) is 19.6 Å². The van der Waals surface area contributed by atoms with Crippen LogP contribution in [0, 0.1) is 14.4 Å². The van der Waals surface area contributed by atoms with Gasteiger partial charge in [-0.15, -0.1) is 0 Å². The van der Waals surface area contributed by atoms with Crippen LogP contribution >= 0.6 is 0 Å². The normalized spacial score (nSPS) is 8.20. The topological polar surface area (TPSA) is 9.23 Å². The lowest BCUT2D eigenvalue weighted by Gasteiger charge is -1.97. The third-order valence-corrected chi connectivity index (χ3v) is 1.16. The van der Waals surface area contributed by atoms with Gasteiger partial charge >= 0.3 is 0 Å². The summed E-state index contributed by atoms with van der Waals surface area (Å²) in [4.78, 5) is 0. The molecular weight excluding hydrogens is 124 g/mol. The van der Waals surface area contributed by atoms with Gasteiger partial charge in [0, 0.05) is 0 Å². The highest BCUT2D eigenvalue weighted by Crippen LogP contribution is 2.09. The Labute approximate surface area is 62.6 Å². The van der Waals surface area contributed by atoms with E-state index in [-0.39, 0.29) is 7.43 Å². The Morgan fingerprint density at radius 1 is 1.20 bits per heavy atom. The first-order valence-electron chi connectivity index (χ1n) is 2.79. The first-order valence-corrected chi connectivity index (χ1v) is 2.79. The van der Waals surface area contributed by atoms with Gasteiger partial charge in [0.05, 0.1) is 7.11 Å². The first kappa shape index (κ1) is 9.02. The van der Waals surface area contributed by atoms with Gasteiger partial charge in [-0.2, -0.15) is 0 Å². The minimum absolute atomic E-state index is 0. The molecule has 1 aromatic rings. The van der Waals surface area contributed by atoms with Crippen molar-refractivity contribution in [3.05, 3.63) is 44.2 Å². The number of rotatable bonds is 1. The minimum Gasteiger partial charge on any atom is -0.497 e. The molecule has 1 aromatic carbocycles. The van der Waals surface area contributed by atoms with Crippen molar-refractivity contribution in [3.8, 4) is 5.75 Å². The van der Waals surface area contributed by atoms with Gasteiger partial charge in [-0.25, -0.2) is 0 Å². The van der Waals surface area contributed by atoms with Crippen LogP contribution in [0.4, 0.5) is 0 Å². The van der Waals surface area contributed by atoms with Crippen molar-refractivity contribution in [3.63, 3.8) is 0 Å². The molecule has 0 aromatic heterocycles. The lowest BCUT2D eigenvalue weighted by molar-refractivity contribution is 0.415. The molecule has 0 aliphatic carbocycles. The van der Waals surface area contributed by atoms with E-state index in [2.05, 4.69) is 6.92 Å². The number of hydrogen-bond acceptors (Lipinski definition) is 1. The lowest BCUT2D eigenvalue weighted by Crippen LogP contribution is -1.80. The molecule has 54 valence electrons. The van der Waals surface area contributed by atoms with E-state index in [0.717, 1.165) is 11.3 Å². The van der Waals surface area contributed by atoms with Crippen LogP contribution in [0.3, 0.4) is 0 Å². The quantitative estimate of drug-likeness (QED) is 0.575. The van der Waals surface area contributed by atoms with E-state index >= 15 is 0 Å². The van der Waals surface area contributed by atoms with Crippen molar-refractivity contribution in [2.45, 2.75) is 0 Å². The zero-order valence-electron chi connectivity index (χ0n) is 6.42. The highest BCUT2D eigenvalue weighted by molar-refractivity contribution is 5.28. The molecule has 0 bridgehead atoms. The molecule has 0 saturated carbocycles. The zero-order chi connectivity index (χ0) is 6.69. The Hall–Kier alpha value is -0.980. The Morgan fingerprint density at radius 2 is 1.70 bits per heavy atom. The molecule has 0 heterocycles. The van der Waals surface area contributed by atoms with E-state index in [1.54, 1.807) is 7.11 Å². The molecule has 2 radical (unpaired) electrons. The Balaban J connectivity index is 0.000000810. The van der Waals surface area contributed by atoms with Crippen molar-refractivity contribution >= 4 is 0 Å². The second-order valence-corrected chi connectivity index (χ2v) is 1.85. The minimum atomic E-state index is 0. The maximum atomic E-state index is 4.94. The monoisotopic (exact) mass is 136 g/mol. The van der Waals surface area contributed by atoms with E-state index in [1.807, 2.05) is 24.3 Å². The van der Waals surface area contributed by atoms with Crippen LogP contribution < -0.4 is 4.74 Å². The summed E-state index contributed by atoms with van der Waals surface area (Å²) in [6, 6.07) is 7.61. The smallest absolute Gasteiger partial charge is 0.118 e. The van der Waals surface area contributed by atoms with Crippen LogP contribution in [-0.2, 0) is 0 Å². The molecule has 0 unspecified atom stereocenters. The predicted octanol–water partition coefficient (Wildman–Crippen LogP) is 2.33. The van der Waals surface area contributed by atoms with E-state index < -0.39 is 0 Å². The highest BCUT2D eigenvalue weighted by atomic mass is 16.5. The molecule has 10 heavy (non-hydrogen) atoms. The summed E-state index contributed by atoms with van der Waals surface area (Å²) >= 11 is 0. The summed E-state index contributed by atoms with van der Waals surface area (Å²) in [6.45, 7) is 3.74. The number of ether oxygens (including phenoxy) is 1. The summed E-state index contributed by atoms with van der Waals surface area (Å²) in [5, 5.41) is 0. The molecular formula is C9H12O. The third kappa shape index (κ3) is 2.09. The van der Waals surface area contributed by atoms with Gasteiger partial charge in [-0.3, -0.25) is 0 Å². The fraction of sp³-hybridized carbons (Fsp3) is 0.111. The molecule has 0 amide bonds. The molecule has 0 fully saturated rings. The SMILES string of the molecule is [CH2]c1ccc(OC)cc1.[CH3]. The highest BCUT2D eigenvalue weighted by Gasteiger charge is 1.85. The lowest BCUT2D eigenvalue weighted by atomic mass is 10.2. The van der Waals surface area contributed by atoms with Crippen molar-refractivity contribution in [1.82, 2.24) is 0 Å². The third-order valence-electron chi connectivity index (χ3n) is 1.16. The van der Waals surface area contributed by atoms with Crippen molar-refractivity contribution < 1.29 is 4.74 Å².